The number of nitrogens with zero attached hydrogens (tertiary/aromatic N) is 4. The number of carbonyl (C=O) groups is 1. The number of nitrogens with one attached hydrogen (secondary N) is 2. The van der Waals surface area contributed by atoms with Gasteiger partial charge < -0.3 is 14.9 Å². The van der Waals surface area contributed by atoms with E-state index in [1.165, 1.54) is 11.6 Å². The van der Waals surface area contributed by atoms with Crippen LogP contribution in [0.2, 0.25) is 0 Å². The Balaban J connectivity index is 1.45. The molecule has 0 bridgehead atoms. The van der Waals surface area contributed by atoms with Crippen LogP contribution in [0.3, 0.4) is 0 Å². The number of aryl methyl sites for hydroxylation is 1. The van der Waals surface area contributed by atoms with Crippen molar-refractivity contribution in [3.8, 4) is 0 Å². The minimum absolute atomic E-state index is 0.0702. The fourth-order valence-corrected chi connectivity index (χ4v) is 6.15. The molecule has 4 heterocycles. The molecule has 3 aliphatic heterocycles. The van der Waals surface area contributed by atoms with Crippen molar-refractivity contribution < 1.29 is 14.3 Å². The van der Waals surface area contributed by atoms with E-state index in [1.54, 1.807) is 13.0 Å². The number of rotatable bonds is 7. The van der Waals surface area contributed by atoms with Crippen LogP contribution in [0.1, 0.15) is 55.0 Å². The van der Waals surface area contributed by atoms with Gasteiger partial charge in [0.2, 0.25) is 0 Å². The van der Waals surface area contributed by atoms with E-state index in [9.17, 15) is 14.3 Å². The number of benzene rings is 1. The minimum atomic E-state index is -0.387. The zero-order chi connectivity index (χ0) is 26.2. The number of amides is 2. The van der Waals surface area contributed by atoms with Crippen LogP contribution in [0.5, 0.6) is 0 Å². The molecule has 1 aromatic carbocycles. The Kier molecular flexibility index (Phi) is 7.49. The number of aromatic nitrogens is 1. The standard InChI is InChI=1S/C28H39FN6O2/c1-4-25-23(22-14-30-31-15-22)8-9-26(32-25)34-18-28(10-12-33(13-11-28)16-19(2)36)35(27(34)37)17-21-6-5-7-24(29)20(21)3/h5-9,19,22,30-31,36H,4,10-18H2,1-3H3. The second-order valence-electron chi connectivity index (χ2n) is 10.9. The van der Waals surface area contributed by atoms with Gasteiger partial charge in [0.15, 0.2) is 0 Å². The summed E-state index contributed by atoms with van der Waals surface area (Å²) in [4.78, 5) is 25.1. The molecule has 3 N–H and O–H groups in total. The van der Waals surface area contributed by atoms with E-state index in [0.29, 0.717) is 36.9 Å². The predicted molar refractivity (Wildman–Crippen MR) is 142 cm³/mol. The highest BCUT2D eigenvalue weighted by atomic mass is 19.1. The van der Waals surface area contributed by atoms with Crippen molar-refractivity contribution in [1.82, 2.24) is 25.6 Å². The second kappa shape index (κ2) is 10.6. The molecular formula is C28H39FN6O2. The summed E-state index contributed by atoms with van der Waals surface area (Å²) >= 11 is 0. The molecule has 9 heteroatoms. The number of aliphatic hydroxyl groups is 1. The highest BCUT2D eigenvalue weighted by molar-refractivity contribution is 5.94. The van der Waals surface area contributed by atoms with Gasteiger partial charge in [0, 0.05) is 50.9 Å². The fraction of sp³-hybridized carbons (Fsp3) is 0.571. The maximum absolute atomic E-state index is 14.4. The van der Waals surface area contributed by atoms with Gasteiger partial charge in [-0.25, -0.2) is 14.2 Å². The maximum atomic E-state index is 14.4. The molecule has 3 fully saturated rings. The van der Waals surface area contributed by atoms with E-state index in [4.69, 9.17) is 4.98 Å². The number of anilines is 1. The number of pyridine rings is 1. The number of halogens is 1. The molecule has 8 nitrogen and oxygen atoms in total. The number of hydrogen-bond donors (Lipinski definition) is 3. The highest BCUT2D eigenvalue weighted by Crippen LogP contribution is 2.40. The van der Waals surface area contributed by atoms with E-state index in [-0.39, 0.29) is 23.5 Å². The summed E-state index contributed by atoms with van der Waals surface area (Å²) in [6, 6.07) is 9.14. The summed E-state index contributed by atoms with van der Waals surface area (Å²) in [5.74, 6) is 0.805. The molecule has 0 radical (unpaired) electrons. The molecule has 3 saturated heterocycles. The lowest BCUT2D eigenvalue weighted by Gasteiger charge is -2.44. The lowest BCUT2D eigenvalue weighted by molar-refractivity contribution is 0.0487. The highest BCUT2D eigenvalue weighted by Gasteiger charge is 2.51. The van der Waals surface area contributed by atoms with Crippen LogP contribution in [-0.2, 0) is 13.0 Å². The third-order valence-corrected chi connectivity index (χ3v) is 8.37. The third kappa shape index (κ3) is 5.10. The average Bonchev–Trinajstić information content (AvgIpc) is 3.51. The van der Waals surface area contributed by atoms with Crippen molar-refractivity contribution >= 4 is 11.8 Å². The number of carbonyl (C=O) groups excluding carboxylic acids is 1. The molecule has 5 rings (SSSR count). The van der Waals surface area contributed by atoms with Crippen LogP contribution in [0, 0.1) is 12.7 Å². The quantitative estimate of drug-likeness (QED) is 0.531. The van der Waals surface area contributed by atoms with Crippen LogP contribution >= 0.6 is 0 Å². The van der Waals surface area contributed by atoms with Crippen molar-refractivity contribution in [2.75, 3.05) is 44.2 Å². The topological polar surface area (TPSA) is 84.0 Å². The van der Waals surface area contributed by atoms with Gasteiger partial charge >= 0.3 is 6.03 Å². The number of likely N-dealkylation sites (tertiary alicyclic amines) is 1. The monoisotopic (exact) mass is 510 g/mol. The van der Waals surface area contributed by atoms with Crippen LogP contribution in [0.15, 0.2) is 30.3 Å². The maximum Gasteiger partial charge on any atom is 0.326 e. The van der Waals surface area contributed by atoms with Crippen molar-refractivity contribution in [2.45, 2.75) is 64.1 Å². The molecule has 1 spiro atoms. The van der Waals surface area contributed by atoms with E-state index in [1.807, 2.05) is 28.9 Å². The normalized spacial score (nSPS) is 21.4. The summed E-state index contributed by atoms with van der Waals surface area (Å²) < 4.78 is 14.4. The number of hydrazine groups is 1. The van der Waals surface area contributed by atoms with Gasteiger partial charge in [-0.3, -0.25) is 15.8 Å². The first kappa shape index (κ1) is 26.0. The predicted octanol–water partition coefficient (Wildman–Crippen LogP) is 2.94. The zero-order valence-electron chi connectivity index (χ0n) is 22.1. The van der Waals surface area contributed by atoms with Crippen molar-refractivity contribution in [3.05, 3.63) is 58.5 Å². The summed E-state index contributed by atoms with van der Waals surface area (Å²) in [5, 5.41) is 9.88. The Morgan fingerprint density at radius 3 is 2.59 bits per heavy atom. The number of piperidine rings is 1. The molecular weight excluding hydrogens is 471 g/mol. The first-order valence-electron chi connectivity index (χ1n) is 13.5. The van der Waals surface area contributed by atoms with Crippen molar-refractivity contribution in [1.29, 1.82) is 0 Å². The Hall–Kier alpha value is -2.59. The Labute approximate surface area is 218 Å². The SMILES string of the molecule is CCc1nc(N2CC3(CCN(CC(C)O)CC3)N(Cc3cccc(F)c3C)C2=O)ccc1C1CNNC1. The Morgan fingerprint density at radius 1 is 1.19 bits per heavy atom. The summed E-state index contributed by atoms with van der Waals surface area (Å²) in [6.07, 6.45) is 2.01. The zero-order valence-corrected chi connectivity index (χ0v) is 22.1. The average molecular weight is 511 g/mol. The van der Waals surface area contributed by atoms with Gasteiger partial charge in [-0.05, 0) is 61.9 Å². The Bertz CT molecular complexity index is 1130. The number of aliphatic hydroxyl groups excluding tert-OH is 1. The molecule has 1 aromatic heterocycles. The van der Waals surface area contributed by atoms with Gasteiger partial charge in [0.1, 0.15) is 11.6 Å². The van der Waals surface area contributed by atoms with Crippen LogP contribution in [-0.4, -0.2) is 76.8 Å². The lowest BCUT2D eigenvalue weighted by Crippen LogP contribution is -2.54. The van der Waals surface area contributed by atoms with Gasteiger partial charge in [0.25, 0.3) is 0 Å². The molecule has 200 valence electrons. The number of hydrogen-bond acceptors (Lipinski definition) is 6. The van der Waals surface area contributed by atoms with Crippen molar-refractivity contribution in [2.24, 2.45) is 0 Å². The van der Waals surface area contributed by atoms with Gasteiger partial charge in [-0.1, -0.05) is 25.1 Å². The molecule has 2 aromatic rings. The lowest BCUT2D eigenvalue weighted by atomic mass is 9.86. The molecule has 3 aliphatic rings. The van der Waals surface area contributed by atoms with E-state index >= 15 is 0 Å². The summed E-state index contributed by atoms with van der Waals surface area (Å²) in [5.41, 5.74) is 9.70. The van der Waals surface area contributed by atoms with Gasteiger partial charge in [0.05, 0.1) is 18.2 Å². The Morgan fingerprint density at radius 2 is 1.92 bits per heavy atom. The molecule has 37 heavy (non-hydrogen) atoms. The van der Waals surface area contributed by atoms with E-state index < -0.39 is 0 Å². The second-order valence-corrected chi connectivity index (χ2v) is 10.9. The minimum Gasteiger partial charge on any atom is -0.392 e. The fourth-order valence-electron chi connectivity index (χ4n) is 6.15. The summed E-state index contributed by atoms with van der Waals surface area (Å²) in [6.45, 7) is 10.6. The number of β-amino-alcohol motifs (C(OH)–C–C–N with tert-alkyl or cyclic N) is 1. The number of urea groups is 1. The van der Waals surface area contributed by atoms with Crippen LogP contribution in [0.25, 0.3) is 0 Å². The van der Waals surface area contributed by atoms with E-state index in [0.717, 1.165) is 56.7 Å². The van der Waals surface area contributed by atoms with E-state index in [2.05, 4.69) is 28.7 Å². The molecule has 1 unspecified atom stereocenters. The van der Waals surface area contributed by atoms with Gasteiger partial charge in [-0.15, -0.1) is 0 Å². The molecule has 0 saturated carbocycles. The molecule has 1 atom stereocenters. The smallest absolute Gasteiger partial charge is 0.326 e. The van der Waals surface area contributed by atoms with Crippen molar-refractivity contribution in [3.63, 3.8) is 0 Å². The van der Waals surface area contributed by atoms with Crippen LogP contribution in [0.4, 0.5) is 15.0 Å². The molecule has 0 aliphatic carbocycles. The third-order valence-electron chi connectivity index (χ3n) is 8.37. The molecule has 2 amide bonds. The summed E-state index contributed by atoms with van der Waals surface area (Å²) in [7, 11) is 0. The largest absolute Gasteiger partial charge is 0.392 e. The van der Waals surface area contributed by atoms with Crippen LogP contribution < -0.4 is 15.8 Å². The first-order chi connectivity index (χ1) is 17.8. The first-order valence-corrected chi connectivity index (χ1v) is 13.5. The van der Waals surface area contributed by atoms with Gasteiger partial charge in [-0.2, -0.15) is 0 Å².